The predicted molar refractivity (Wildman–Crippen MR) is 258 cm³/mol. The molecule has 61 heavy (non-hydrogen) atoms. The summed E-state index contributed by atoms with van der Waals surface area (Å²) in [5.41, 5.74) is 18.8. The molecule has 1 heterocycles. The van der Waals surface area contributed by atoms with Gasteiger partial charge < -0.3 is 4.42 Å². The average molecular weight is 773 g/mol. The summed E-state index contributed by atoms with van der Waals surface area (Å²) < 4.78 is 6.31. The van der Waals surface area contributed by atoms with Crippen molar-refractivity contribution < 1.29 is 4.42 Å². The summed E-state index contributed by atoms with van der Waals surface area (Å²) >= 11 is 0. The molecule has 0 amide bonds. The van der Waals surface area contributed by atoms with Crippen LogP contribution in [-0.2, 0) is 0 Å². The molecular formula is C60H36O. The van der Waals surface area contributed by atoms with E-state index in [-0.39, 0.29) is 0 Å². The monoisotopic (exact) mass is 772 g/mol. The maximum Gasteiger partial charge on any atom is 0.135 e. The molecule has 0 atom stereocenters. The van der Waals surface area contributed by atoms with Gasteiger partial charge in [-0.15, -0.1) is 0 Å². The molecule has 282 valence electrons. The predicted octanol–water partition coefficient (Wildman–Crippen LogP) is 17.0. The maximum absolute atomic E-state index is 6.31. The quantitative estimate of drug-likeness (QED) is 0.163. The van der Waals surface area contributed by atoms with E-state index >= 15 is 0 Å². The average Bonchev–Trinajstić information content (AvgIpc) is 3.71. The van der Waals surface area contributed by atoms with Gasteiger partial charge in [0, 0.05) is 10.8 Å². The van der Waals surface area contributed by atoms with Gasteiger partial charge in [0.25, 0.3) is 0 Å². The third kappa shape index (κ3) is 5.21. The number of para-hydroxylation sites is 1. The van der Waals surface area contributed by atoms with E-state index in [2.05, 4.69) is 212 Å². The fourth-order valence-electron chi connectivity index (χ4n) is 10.3. The summed E-state index contributed by atoms with van der Waals surface area (Å²) in [6.45, 7) is 0. The van der Waals surface area contributed by atoms with Crippen molar-refractivity contribution in [3.8, 4) is 77.9 Å². The van der Waals surface area contributed by atoms with Crippen LogP contribution >= 0.6 is 0 Å². The van der Waals surface area contributed by atoms with Crippen LogP contribution < -0.4 is 0 Å². The molecule has 1 aliphatic rings. The number of benzene rings is 11. The van der Waals surface area contributed by atoms with Gasteiger partial charge in [0.1, 0.15) is 11.2 Å². The van der Waals surface area contributed by atoms with Crippen LogP contribution in [-0.4, -0.2) is 0 Å². The van der Waals surface area contributed by atoms with Crippen molar-refractivity contribution >= 4 is 54.3 Å². The van der Waals surface area contributed by atoms with Crippen LogP contribution in [0.3, 0.4) is 0 Å². The molecule has 1 heteroatoms. The van der Waals surface area contributed by atoms with Gasteiger partial charge in [-0.05, 0) is 153 Å². The zero-order chi connectivity index (χ0) is 40.0. The molecule has 0 bridgehead atoms. The lowest BCUT2D eigenvalue weighted by Crippen LogP contribution is -1.99. The molecule has 0 saturated heterocycles. The number of rotatable bonds is 3. The van der Waals surface area contributed by atoms with Crippen LogP contribution in [0.15, 0.2) is 223 Å². The van der Waals surface area contributed by atoms with Crippen LogP contribution in [0.1, 0.15) is 0 Å². The lowest BCUT2D eigenvalue weighted by atomic mass is 9.78. The van der Waals surface area contributed by atoms with Crippen molar-refractivity contribution in [1.29, 1.82) is 0 Å². The van der Waals surface area contributed by atoms with E-state index in [1.54, 1.807) is 0 Å². The topological polar surface area (TPSA) is 13.1 Å². The molecule has 13 rings (SSSR count). The first-order chi connectivity index (χ1) is 30.2. The number of fused-ring (bicyclic) bond motifs is 17. The Kier molecular flexibility index (Phi) is 7.37. The standard InChI is InChI=1S/C60H36O/c1-3-16-45-43(14-1)46-17-5-7-20-50(46)55-26-13-25-42(60(55)54-24-10-9-21-49(45)54)41-33-39(32-40(34-41)38-29-31-59-57(36-38)53-23-11-12-27-58(53)61-59)37-28-30-52-48-19-4-2-15-44(48)47-18-6-8-22-51(47)56(52)35-37/h1-36H. The molecule has 0 unspecified atom stereocenters. The Morgan fingerprint density at radius 2 is 0.590 bits per heavy atom. The first-order valence-corrected chi connectivity index (χ1v) is 21.1. The van der Waals surface area contributed by atoms with E-state index in [0.29, 0.717) is 0 Å². The number of hydrogen-bond donors (Lipinski definition) is 0. The molecule has 0 fully saturated rings. The lowest BCUT2D eigenvalue weighted by Gasteiger charge is -2.25. The van der Waals surface area contributed by atoms with Gasteiger partial charge in [-0.2, -0.15) is 0 Å². The van der Waals surface area contributed by atoms with Gasteiger partial charge in [-0.25, -0.2) is 0 Å². The molecule has 1 nitrogen and oxygen atoms in total. The fourth-order valence-corrected chi connectivity index (χ4v) is 10.3. The molecule has 11 aromatic carbocycles. The van der Waals surface area contributed by atoms with Crippen molar-refractivity contribution in [2.75, 3.05) is 0 Å². The van der Waals surface area contributed by atoms with E-state index in [1.807, 2.05) is 6.07 Å². The smallest absolute Gasteiger partial charge is 0.135 e. The van der Waals surface area contributed by atoms with Crippen LogP contribution in [0.5, 0.6) is 0 Å². The highest BCUT2D eigenvalue weighted by atomic mass is 16.3. The second-order valence-corrected chi connectivity index (χ2v) is 16.3. The number of hydrogen-bond acceptors (Lipinski definition) is 1. The van der Waals surface area contributed by atoms with Crippen LogP contribution in [0.4, 0.5) is 0 Å². The first kappa shape index (κ1) is 33.9. The highest BCUT2D eigenvalue weighted by molar-refractivity contribution is 6.26. The van der Waals surface area contributed by atoms with Gasteiger partial charge in [0.2, 0.25) is 0 Å². The minimum absolute atomic E-state index is 0.898. The largest absolute Gasteiger partial charge is 0.456 e. The third-order valence-electron chi connectivity index (χ3n) is 13.0. The van der Waals surface area contributed by atoms with Gasteiger partial charge in [-0.1, -0.05) is 176 Å². The highest BCUT2D eigenvalue weighted by Crippen LogP contribution is 2.51. The SMILES string of the molecule is c1ccc2c(c1)-c1ccccc1-c1cccc(-c3cc(-c4ccc5oc6ccccc6c5c4)cc(-c4ccc5c6ccccc6c6ccccc6c5c4)c3)c1-c1ccccc1-2. The molecule has 0 N–H and O–H groups in total. The molecule has 0 aliphatic heterocycles. The zero-order valence-electron chi connectivity index (χ0n) is 33.2. The molecule has 1 aromatic heterocycles. The van der Waals surface area contributed by atoms with Crippen LogP contribution in [0.25, 0.3) is 132 Å². The van der Waals surface area contributed by atoms with Crippen molar-refractivity contribution in [2.24, 2.45) is 0 Å². The third-order valence-corrected chi connectivity index (χ3v) is 13.0. The fraction of sp³-hybridized carbons (Fsp3) is 0. The second kappa shape index (κ2) is 13.3. The maximum atomic E-state index is 6.31. The zero-order valence-corrected chi connectivity index (χ0v) is 33.2. The summed E-state index contributed by atoms with van der Waals surface area (Å²) in [6.07, 6.45) is 0. The van der Waals surface area contributed by atoms with E-state index in [1.165, 1.54) is 99.1 Å². The molecule has 0 saturated carbocycles. The summed E-state index contributed by atoms with van der Waals surface area (Å²) in [6, 6.07) is 80.5. The molecule has 0 spiro atoms. The minimum Gasteiger partial charge on any atom is -0.456 e. The highest BCUT2D eigenvalue weighted by Gasteiger charge is 2.24. The van der Waals surface area contributed by atoms with E-state index < -0.39 is 0 Å². The first-order valence-electron chi connectivity index (χ1n) is 21.1. The van der Waals surface area contributed by atoms with E-state index in [0.717, 1.165) is 33.1 Å². The molecular weight excluding hydrogens is 737 g/mol. The summed E-state index contributed by atoms with van der Waals surface area (Å²) in [5.74, 6) is 0. The minimum atomic E-state index is 0.898. The summed E-state index contributed by atoms with van der Waals surface area (Å²) in [4.78, 5) is 0. The summed E-state index contributed by atoms with van der Waals surface area (Å²) in [7, 11) is 0. The molecule has 1 aliphatic carbocycles. The van der Waals surface area contributed by atoms with Crippen LogP contribution in [0, 0.1) is 0 Å². The second-order valence-electron chi connectivity index (χ2n) is 16.3. The Labute approximate surface area is 353 Å². The van der Waals surface area contributed by atoms with Crippen molar-refractivity contribution in [2.45, 2.75) is 0 Å². The van der Waals surface area contributed by atoms with Crippen molar-refractivity contribution in [3.63, 3.8) is 0 Å². The Morgan fingerprint density at radius 3 is 1.21 bits per heavy atom. The molecule has 12 aromatic rings. The Hall–Kier alpha value is -8.00. The molecule has 0 radical (unpaired) electrons. The van der Waals surface area contributed by atoms with Crippen molar-refractivity contribution in [3.05, 3.63) is 218 Å². The van der Waals surface area contributed by atoms with Crippen molar-refractivity contribution in [1.82, 2.24) is 0 Å². The Balaban J connectivity index is 1.10. The van der Waals surface area contributed by atoms with Gasteiger partial charge in [0.05, 0.1) is 0 Å². The Morgan fingerprint density at radius 1 is 0.197 bits per heavy atom. The number of furan rings is 1. The normalized spacial score (nSPS) is 11.9. The summed E-state index contributed by atoms with van der Waals surface area (Å²) in [5, 5.41) is 9.90. The van der Waals surface area contributed by atoms with Crippen LogP contribution in [0.2, 0.25) is 0 Å². The van der Waals surface area contributed by atoms with Gasteiger partial charge >= 0.3 is 0 Å². The van der Waals surface area contributed by atoms with Gasteiger partial charge in [-0.3, -0.25) is 0 Å². The van der Waals surface area contributed by atoms with E-state index in [9.17, 15) is 0 Å². The van der Waals surface area contributed by atoms with E-state index in [4.69, 9.17) is 4.42 Å². The Bertz CT molecular complexity index is 3730. The van der Waals surface area contributed by atoms with Gasteiger partial charge in [0.15, 0.2) is 0 Å². The lowest BCUT2D eigenvalue weighted by molar-refractivity contribution is 0.669.